The minimum Gasteiger partial charge on any atom is -0.495 e. The van der Waals surface area contributed by atoms with Crippen LogP contribution in [0.1, 0.15) is 16.1 Å². The number of hydrogen-bond donors (Lipinski definition) is 0. The Morgan fingerprint density at radius 1 is 1.77 bits per heavy atom. The van der Waals surface area contributed by atoms with Crippen molar-refractivity contribution in [1.29, 1.82) is 5.26 Å². The van der Waals surface area contributed by atoms with Crippen LogP contribution in [0.4, 0.5) is 0 Å². The zero-order chi connectivity index (χ0) is 9.84. The van der Waals surface area contributed by atoms with Gasteiger partial charge in [-0.25, -0.2) is 4.98 Å². The predicted octanol–water partition coefficient (Wildman–Crippen LogP) is 1.34. The topological polar surface area (TPSA) is 63.0 Å². The highest BCUT2D eigenvalue weighted by atomic mass is 35.5. The minimum atomic E-state index is -0.751. The molecular weight excluding hydrogens is 192 g/mol. The maximum atomic E-state index is 10.7. The Kier molecular flexibility index (Phi) is 2.83. The first-order valence-corrected chi connectivity index (χ1v) is 3.70. The lowest BCUT2D eigenvalue weighted by Crippen LogP contribution is -1.99. The molecule has 5 heteroatoms. The molecule has 0 radical (unpaired) electrons. The molecule has 1 aromatic rings. The van der Waals surface area contributed by atoms with E-state index in [1.807, 2.05) is 0 Å². The van der Waals surface area contributed by atoms with Crippen molar-refractivity contribution in [2.24, 2.45) is 0 Å². The standard InChI is InChI=1S/C8H5ClN2O2/c1-13-6-2-5(3-10)7(8(9)12)11-4-6/h2,4H,1H3. The molecule has 0 saturated carbocycles. The van der Waals surface area contributed by atoms with Gasteiger partial charge in [-0.3, -0.25) is 4.79 Å². The third kappa shape index (κ3) is 1.95. The van der Waals surface area contributed by atoms with Crippen LogP contribution in [-0.4, -0.2) is 17.3 Å². The molecular formula is C8H5ClN2O2. The van der Waals surface area contributed by atoms with Crippen LogP contribution >= 0.6 is 11.6 Å². The van der Waals surface area contributed by atoms with E-state index in [4.69, 9.17) is 21.6 Å². The average molecular weight is 197 g/mol. The summed E-state index contributed by atoms with van der Waals surface area (Å²) in [7, 11) is 1.44. The zero-order valence-corrected chi connectivity index (χ0v) is 7.50. The third-order valence-corrected chi connectivity index (χ3v) is 1.58. The van der Waals surface area contributed by atoms with E-state index in [1.54, 1.807) is 6.07 Å². The summed E-state index contributed by atoms with van der Waals surface area (Å²) in [5.74, 6) is 0.415. The van der Waals surface area contributed by atoms with Crippen LogP contribution in [0, 0.1) is 11.3 Å². The summed E-state index contributed by atoms with van der Waals surface area (Å²) in [6, 6.07) is 3.21. The number of nitrogens with zero attached hydrogens (tertiary/aromatic N) is 2. The van der Waals surface area contributed by atoms with Crippen molar-refractivity contribution in [3.63, 3.8) is 0 Å². The second kappa shape index (κ2) is 3.87. The number of ether oxygens (including phenoxy) is 1. The van der Waals surface area contributed by atoms with E-state index in [-0.39, 0.29) is 11.3 Å². The molecule has 0 fully saturated rings. The Labute approximate surface area is 79.7 Å². The lowest BCUT2D eigenvalue weighted by molar-refractivity contribution is 0.107. The molecule has 0 aliphatic rings. The minimum absolute atomic E-state index is 0.0510. The number of halogens is 1. The number of methoxy groups -OCH3 is 1. The number of carbonyl (C=O) groups excluding carboxylic acids is 1. The van der Waals surface area contributed by atoms with Crippen molar-refractivity contribution in [2.45, 2.75) is 0 Å². The van der Waals surface area contributed by atoms with Crippen LogP contribution in [-0.2, 0) is 0 Å². The second-order valence-electron chi connectivity index (χ2n) is 2.16. The van der Waals surface area contributed by atoms with Crippen molar-refractivity contribution in [1.82, 2.24) is 4.98 Å². The molecule has 4 nitrogen and oxygen atoms in total. The third-order valence-electron chi connectivity index (χ3n) is 1.40. The van der Waals surface area contributed by atoms with E-state index < -0.39 is 5.24 Å². The molecule has 0 amide bonds. The van der Waals surface area contributed by atoms with Gasteiger partial charge in [0.15, 0.2) is 0 Å². The molecule has 0 atom stereocenters. The fourth-order valence-corrected chi connectivity index (χ4v) is 0.950. The number of hydrogen-bond acceptors (Lipinski definition) is 4. The lowest BCUT2D eigenvalue weighted by atomic mass is 10.2. The van der Waals surface area contributed by atoms with Gasteiger partial charge in [0.2, 0.25) is 0 Å². The largest absolute Gasteiger partial charge is 0.495 e. The summed E-state index contributed by atoms with van der Waals surface area (Å²) in [6.45, 7) is 0. The number of nitriles is 1. The van der Waals surface area contributed by atoms with E-state index in [0.717, 1.165) is 0 Å². The maximum Gasteiger partial charge on any atom is 0.272 e. The van der Waals surface area contributed by atoms with Crippen LogP contribution in [0.5, 0.6) is 5.75 Å². The Bertz CT molecular complexity index is 384. The molecule has 0 aromatic carbocycles. The first-order valence-electron chi connectivity index (χ1n) is 3.33. The quantitative estimate of drug-likeness (QED) is 0.670. The maximum absolute atomic E-state index is 10.7. The van der Waals surface area contributed by atoms with Gasteiger partial charge >= 0.3 is 0 Å². The van der Waals surface area contributed by atoms with Crippen molar-refractivity contribution < 1.29 is 9.53 Å². The highest BCUT2D eigenvalue weighted by Gasteiger charge is 2.11. The normalized spacial score (nSPS) is 9.00. The van der Waals surface area contributed by atoms with Crippen molar-refractivity contribution in [3.8, 4) is 11.8 Å². The van der Waals surface area contributed by atoms with Gasteiger partial charge in [-0.15, -0.1) is 0 Å². The summed E-state index contributed by atoms with van der Waals surface area (Å²) in [5.41, 5.74) is 0.0596. The molecule has 0 saturated heterocycles. The molecule has 0 N–H and O–H groups in total. The SMILES string of the molecule is COc1cnc(C(=O)Cl)c(C#N)c1. The smallest absolute Gasteiger partial charge is 0.272 e. The highest BCUT2D eigenvalue weighted by molar-refractivity contribution is 6.67. The summed E-state index contributed by atoms with van der Waals surface area (Å²) in [4.78, 5) is 14.4. The van der Waals surface area contributed by atoms with Gasteiger partial charge in [-0.2, -0.15) is 5.26 Å². The molecule has 13 heavy (non-hydrogen) atoms. The molecule has 1 rings (SSSR count). The van der Waals surface area contributed by atoms with Gasteiger partial charge in [0, 0.05) is 6.07 Å². The van der Waals surface area contributed by atoms with Crippen molar-refractivity contribution in [2.75, 3.05) is 7.11 Å². The number of rotatable bonds is 2. The molecule has 0 bridgehead atoms. The van der Waals surface area contributed by atoms with Crippen LogP contribution in [0.3, 0.4) is 0 Å². The second-order valence-corrected chi connectivity index (χ2v) is 2.50. The van der Waals surface area contributed by atoms with Crippen LogP contribution in [0.2, 0.25) is 0 Å². The monoisotopic (exact) mass is 196 g/mol. The van der Waals surface area contributed by atoms with Gasteiger partial charge in [0.25, 0.3) is 5.24 Å². The Balaban J connectivity index is 3.26. The molecule has 1 heterocycles. The molecule has 66 valence electrons. The van der Waals surface area contributed by atoms with E-state index in [2.05, 4.69) is 4.98 Å². The summed E-state index contributed by atoms with van der Waals surface area (Å²) in [6.07, 6.45) is 1.33. The van der Waals surface area contributed by atoms with Gasteiger partial charge in [-0.1, -0.05) is 0 Å². The summed E-state index contributed by atoms with van der Waals surface area (Å²) in [5, 5.41) is 7.88. The van der Waals surface area contributed by atoms with Crippen LogP contribution < -0.4 is 4.74 Å². The van der Waals surface area contributed by atoms with E-state index in [1.165, 1.54) is 19.4 Å². The number of aromatic nitrogens is 1. The van der Waals surface area contributed by atoms with Gasteiger partial charge in [-0.05, 0) is 11.6 Å². The van der Waals surface area contributed by atoms with Crippen LogP contribution in [0.15, 0.2) is 12.3 Å². The fourth-order valence-electron chi connectivity index (χ4n) is 0.799. The Hall–Kier alpha value is -1.60. The Morgan fingerprint density at radius 3 is 2.92 bits per heavy atom. The first-order chi connectivity index (χ1) is 6.19. The van der Waals surface area contributed by atoms with E-state index in [0.29, 0.717) is 5.75 Å². The van der Waals surface area contributed by atoms with Gasteiger partial charge < -0.3 is 4.74 Å². The Morgan fingerprint density at radius 2 is 2.46 bits per heavy atom. The number of carbonyl (C=O) groups is 1. The average Bonchev–Trinajstić information content (AvgIpc) is 2.16. The molecule has 0 aliphatic carbocycles. The first kappa shape index (κ1) is 9.49. The van der Waals surface area contributed by atoms with Gasteiger partial charge in [0.1, 0.15) is 17.5 Å². The summed E-state index contributed by atoms with van der Waals surface area (Å²) < 4.78 is 4.82. The van der Waals surface area contributed by atoms with Crippen molar-refractivity contribution in [3.05, 3.63) is 23.5 Å². The fraction of sp³-hybridized carbons (Fsp3) is 0.125. The molecule has 0 spiro atoms. The lowest BCUT2D eigenvalue weighted by Gasteiger charge is -2.00. The zero-order valence-electron chi connectivity index (χ0n) is 6.74. The van der Waals surface area contributed by atoms with Crippen LogP contribution in [0.25, 0.3) is 0 Å². The number of pyridine rings is 1. The predicted molar refractivity (Wildman–Crippen MR) is 45.7 cm³/mol. The van der Waals surface area contributed by atoms with Crippen molar-refractivity contribution >= 4 is 16.8 Å². The van der Waals surface area contributed by atoms with E-state index in [9.17, 15) is 4.79 Å². The highest BCUT2D eigenvalue weighted by Crippen LogP contribution is 2.15. The molecule has 0 aliphatic heterocycles. The van der Waals surface area contributed by atoms with Gasteiger partial charge in [0.05, 0.1) is 18.9 Å². The molecule has 1 aromatic heterocycles. The summed E-state index contributed by atoms with van der Waals surface area (Å²) >= 11 is 5.19. The molecule has 0 unspecified atom stereocenters. The van der Waals surface area contributed by atoms with E-state index >= 15 is 0 Å².